The molecular weight excluding hydrogens is 1670 g/mol. The van der Waals surface area contributed by atoms with Gasteiger partial charge in [0.1, 0.15) is 26.2 Å². The van der Waals surface area contributed by atoms with Crippen molar-refractivity contribution in [2.75, 3.05) is 51.1 Å². The molecule has 7 atom stereocenters. The van der Waals surface area contributed by atoms with Gasteiger partial charge in [0.25, 0.3) is 0 Å². The minimum Gasteiger partial charge on any atom is -1.00 e. The third-order valence-electron chi connectivity index (χ3n) is 21.7. The first kappa shape index (κ1) is 104. The van der Waals surface area contributed by atoms with E-state index in [0.29, 0.717) is 34.7 Å². The van der Waals surface area contributed by atoms with Crippen molar-refractivity contribution < 1.29 is 105 Å². The van der Waals surface area contributed by atoms with E-state index in [2.05, 4.69) is 234 Å². The van der Waals surface area contributed by atoms with Crippen molar-refractivity contribution in [1.82, 2.24) is 19.8 Å². The van der Waals surface area contributed by atoms with Gasteiger partial charge in [-0.25, -0.2) is 23.1 Å². The van der Waals surface area contributed by atoms with Crippen molar-refractivity contribution in [2.45, 2.75) is 325 Å². The summed E-state index contributed by atoms with van der Waals surface area (Å²) < 4.78 is 10.5. The van der Waals surface area contributed by atoms with Crippen molar-refractivity contribution >= 4 is 33.7 Å². The molecule has 0 aliphatic heterocycles. The number of aromatic nitrogens is 6. The van der Waals surface area contributed by atoms with Crippen molar-refractivity contribution in [3.63, 3.8) is 0 Å². The van der Waals surface area contributed by atoms with Crippen LogP contribution in [0, 0.1) is 0 Å². The van der Waals surface area contributed by atoms with Gasteiger partial charge in [0, 0.05) is 167 Å². The van der Waals surface area contributed by atoms with E-state index < -0.39 is 0 Å². The maximum atomic E-state index is 14.6. The molecule has 0 saturated heterocycles. The Hall–Kier alpha value is -4.13. The average Bonchev–Trinajstić information content (AvgIpc) is 0.795. The van der Waals surface area contributed by atoms with Gasteiger partial charge in [-0.1, -0.05) is 186 Å². The number of carbonyl (C=O) groups excluding carboxylic acids is 3. The van der Waals surface area contributed by atoms with E-state index in [1.54, 1.807) is 13.8 Å². The number of hydrogen-bond acceptors (Lipinski definition) is 5. The summed E-state index contributed by atoms with van der Waals surface area (Å²) in [6, 6.07) is 39.1. The van der Waals surface area contributed by atoms with Crippen LogP contribution in [0.15, 0.2) is 146 Å². The number of carbonyl (C=O) groups is 3. The van der Waals surface area contributed by atoms with E-state index in [9.17, 15) is 14.4 Å². The molecule has 0 aliphatic carbocycles. The summed E-state index contributed by atoms with van der Waals surface area (Å²) in [6.07, 6.45) is 42.9. The quantitative estimate of drug-likeness (QED) is 0.0165. The Labute approximate surface area is 709 Å². The Morgan fingerprint density at radius 2 is 0.694 bits per heavy atom. The molecule has 608 valence electrons. The zero-order valence-corrected chi connectivity index (χ0v) is 77.5. The third-order valence-corrected chi connectivity index (χ3v) is 22.3. The third kappa shape index (κ3) is 38.1. The second-order valence-electron chi connectivity index (χ2n) is 29.8. The minimum absolute atomic E-state index is 0. The van der Waals surface area contributed by atoms with Crippen molar-refractivity contribution in [3.8, 4) is 0 Å². The van der Waals surface area contributed by atoms with Crippen LogP contribution in [0.2, 0.25) is 0 Å². The molecule has 0 spiro atoms. The summed E-state index contributed by atoms with van der Waals surface area (Å²) in [5, 5.41) is 1.16. The highest BCUT2D eigenvalue weighted by Crippen LogP contribution is 2.36. The van der Waals surface area contributed by atoms with Gasteiger partial charge >= 0.3 is 5.91 Å². The van der Waals surface area contributed by atoms with Crippen LogP contribution >= 0.6 is 15.9 Å². The standard InChI is InChI=1S/C63H103N6O2.C24H35N3O.C4H9Br.4BrH/c1-10-17-22-33-48-69(55(9)71,53-59(63-38-27-32-46-67(63)42-21-14-5)51-57(16-7)61-36-25-30-44-65(61)40-19-12-3)49-34-23-28-47-68(54(8)70)52-58(62-37-26-31-45-66(62)41-20-13-4)50-56(15-6)60-35-24-29-43-64(60)39-18-11-2;1-4-6-7-12-17-27(20(3)28)19-22(24-14-9-11-16-26-24)18-21(5-2)23-13-8-10-15-25-23;1-2-3-4-5;;;;/h24-27,29-32,35-38,43-46,56-59H,10-23,28,33-34,39-42,47-53H2,1-9H3;8-11,13-16,21-22H,4-7,12,17-19H2,1-3H3;2-4H2,1H3;4*1H/q+5;;;;;;/p-4. The van der Waals surface area contributed by atoms with Crippen LogP contribution in [-0.4, -0.2) is 93.1 Å². The first-order valence-electron chi connectivity index (χ1n) is 41.9. The number of pyridine rings is 6. The molecular formula is C91H147Br5N9O3+. The minimum atomic E-state index is 0. The van der Waals surface area contributed by atoms with Crippen LogP contribution in [0.1, 0.15) is 333 Å². The van der Waals surface area contributed by atoms with Crippen LogP contribution in [0.3, 0.4) is 0 Å². The lowest BCUT2D eigenvalue weighted by Gasteiger charge is -2.38. The molecule has 0 radical (unpaired) electrons. The summed E-state index contributed by atoms with van der Waals surface area (Å²) in [7, 11) is 0. The fourth-order valence-corrected chi connectivity index (χ4v) is 15.8. The molecule has 108 heavy (non-hydrogen) atoms. The van der Waals surface area contributed by atoms with Crippen LogP contribution < -0.4 is 86.2 Å². The Bertz CT molecular complexity index is 3220. The van der Waals surface area contributed by atoms with E-state index in [1.165, 1.54) is 93.4 Å². The average molecular weight is 1810 g/mol. The molecule has 6 heterocycles. The molecule has 0 aliphatic rings. The molecule has 17 heteroatoms. The van der Waals surface area contributed by atoms with Gasteiger partial charge in [-0.05, 0) is 108 Å². The maximum Gasteiger partial charge on any atom is 0.310 e. The molecule has 6 aromatic heterocycles. The lowest BCUT2D eigenvalue weighted by molar-refractivity contribution is -0.857. The van der Waals surface area contributed by atoms with Crippen LogP contribution in [0.5, 0.6) is 0 Å². The van der Waals surface area contributed by atoms with E-state index >= 15 is 0 Å². The van der Waals surface area contributed by atoms with E-state index in [-0.39, 0.29) is 97.5 Å². The Kier molecular flexibility index (Phi) is 60.9. The number of quaternary nitrogens is 1. The van der Waals surface area contributed by atoms with E-state index in [0.717, 1.165) is 185 Å². The Morgan fingerprint density at radius 1 is 0.370 bits per heavy atom. The normalized spacial score (nSPS) is 13.1. The SMILES string of the molecule is CCCCBr.CCCCCCN(CC(CC(CC)c1ccccn1)c1ccccn1)C(C)=O.CCCCCC[N+](CCCCCN(CC(CC(CC)c1cccc[n+]1CCCC)c1cccc[n+]1CCCC)C(C)=O)(CC(CC(CC)c1cccc[n+]1CCCC)c1cccc[n+]1CCCC)C(C)=O.[Br-].[Br-].[Br-].[Br-]. The summed E-state index contributed by atoms with van der Waals surface area (Å²) in [4.78, 5) is 54.0. The van der Waals surface area contributed by atoms with Gasteiger partial charge in [-0.3, -0.25) is 24.0 Å². The second kappa shape index (κ2) is 63.3. The molecule has 0 fully saturated rings. The van der Waals surface area contributed by atoms with Crippen LogP contribution in [0.4, 0.5) is 0 Å². The van der Waals surface area contributed by atoms with Crippen molar-refractivity contribution in [2.24, 2.45) is 0 Å². The lowest BCUT2D eigenvalue weighted by Crippen LogP contribution is -3.00. The first-order chi connectivity index (χ1) is 50.7. The summed E-state index contributed by atoms with van der Waals surface area (Å²) in [6.45, 7) is 37.7. The zero-order valence-electron chi connectivity index (χ0n) is 69.5. The maximum absolute atomic E-state index is 14.6. The number of rotatable bonds is 51. The van der Waals surface area contributed by atoms with Gasteiger partial charge < -0.3 is 77.7 Å². The fourth-order valence-electron chi connectivity index (χ4n) is 15.2. The number of nitrogens with zero attached hydrogens (tertiary/aromatic N) is 9. The van der Waals surface area contributed by atoms with Gasteiger partial charge in [0.05, 0.1) is 38.4 Å². The highest BCUT2D eigenvalue weighted by atomic mass is 79.9. The number of unbranched alkanes of at least 4 members (excludes halogenated alkanes) is 13. The molecule has 0 aromatic carbocycles. The highest BCUT2D eigenvalue weighted by molar-refractivity contribution is 9.09. The molecule has 0 bridgehead atoms. The first-order valence-corrected chi connectivity index (χ1v) is 43.0. The van der Waals surface area contributed by atoms with Gasteiger partial charge in [0.2, 0.25) is 11.8 Å². The molecule has 6 aromatic rings. The monoisotopic (exact) mass is 1810 g/mol. The second-order valence-corrected chi connectivity index (χ2v) is 30.6. The molecule has 0 saturated carbocycles. The summed E-state index contributed by atoms with van der Waals surface area (Å²) >= 11 is 3.31. The molecule has 6 rings (SSSR count). The molecule has 12 nitrogen and oxygen atoms in total. The van der Waals surface area contributed by atoms with Gasteiger partial charge in [-0.2, -0.15) is 0 Å². The van der Waals surface area contributed by atoms with Gasteiger partial charge in [-0.15, -0.1) is 0 Å². The van der Waals surface area contributed by atoms with Crippen LogP contribution in [-0.2, 0) is 40.6 Å². The smallest absolute Gasteiger partial charge is 0.310 e. The largest absolute Gasteiger partial charge is 1.00 e. The Morgan fingerprint density at radius 3 is 1.03 bits per heavy atom. The molecule has 3 amide bonds. The van der Waals surface area contributed by atoms with Crippen molar-refractivity contribution in [1.29, 1.82) is 0 Å². The molecule has 7 unspecified atom stereocenters. The highest BCUT2D eigenvalue weighted by Gasteiger charge is 2.41. The Balaban J connectivity index is 0.00000257. The number of amides is 3. The summed E-state index contributed by atoms with van der Waals surface area (Å²) in [5.74, 6) is 2.38. The number of alkyl halides is 1. The number of halogens is 5. The van der Waals surface area contributed by atoms with E-state index in [4.69, 9.17) is 0 Å². The van der Waals surface area contributed by atoms with Gasteiger partial charge in [0.15, 0.2) is 47.6 Å². The number of aryl methyl sites for hydroxylation is 4. The zero-order chi connectivity index (χ0) is 75.6. The van der Waals surface area contributed by atoms with Crippen LogP contribution in [0.25, 0.3) is 0 Å². The lowest BCUT2D eigenvalue weighted by atomic mass is 9.85. The van der Waals surface area contributed by atoms with Crippen molar-refractivity contribution in [3.05, 3.63) is 181 Å². The summed E-state index contributed by atoms with van der Waals surface area (Å²) in [5.41, 5.74) is 7.74. The molecule has 0 N–H and O–H groups in total. The predicted molar refractivity (Wildman–Crippen MR) is 437 cm³/mol. The number of hydrogen-bond donors (Lipinski definition) is 0. The topological polar surface area (TPSA) is 99.0 Å². The van der Waals surface area contributed by atoms with E-state index in [1.807, 2.05) is 42.4 Å². The fraction of sp³-hybridized carbons (Fsp3) is 0.637. The predicted octanol–water partition coefficient (Wildman–Crippen LogP) is 8.80.